The monoisotopic (exact) mass is 358 g/mol. The molecule has 1 aliphatic heterocycles. The van der Waals surface area contributed by atoms with Gasteiger partial charge in [-0.05, 0) is 37.0 Å². The Hall–Kier alpha value is -1.76. The second-order valence-corrected chi connectivity index (χ2v) is 7.41. The summed E-state index contributed by atoms with van der Waals surface area (Å²) < 4.78 is 0. The lowest BCUT2D eigenvalue weighted by atomic mass is 10.0. The predicted molar refractivity (Wildman–Crippen MR) is 102 cm³/mol. The standard InChI is InChI=1S/C19H26N4OS/c1-3-22-9-11-23(12-10-22)18(17-7-5-13-25-17)15(2)21-19(24)16-6-4-8-20-14-16/h4-8,13-15,18H,3,9-12H2,1-2H3,(H,21,24)/t15-,18+/m0/s1. The van der Waals surface area contributed by atoms with Crippen molar-refractivity contribution >= 4 is 17.2 Å². The fourth-order valence-electron chi connectivity index (χ4n) is 3.43. The van der Waals surface area contributed by atoms with Crippen molar-refractivity contribution in [1.29, 1.82) is 0 Å². The maximum absolute atomic E-state index is 12.5. The third-order valence-electron chi connectivity index (χ3n) is 4.84. The van der Waals surface area contributed by atoms with Crippen LogP contribution in [0.4, 0.5) is 0 Å². The average Bonchev–Trinajstić information content (AvgIpc) is 3.17. The second-order valence-electron chi connectivity index (χ2n) is 6.43. The number of likely N-dealkylation sites (N-methyl/N-ethyl adjacent to an activating group) is 1. The number of carbonyl (C=O) groups is 1. The lowest BCUT2D eigenvalue weighted by Gasteiger charge is -2.41. The Morgan fingerprint density at radius 3 is 2.68 bits per heavy atom. The number of piperazine rings is 1. The van der Waals surface area contributed by atoms with E-state index in [0.717, 1.165) is 32.7 Å². The number of aromatic nitrogens is 1. The molecule has 1 amide bonds. The minimum Gasteiger partial charge on any atom is -0.348 e. The molecule has 1 fully saturated rings. The summed E-state index contributed by atoms with van der Waals surface area (Å²) >= 11 is 1.76. The van der Waals surface area contributed by atoms with Gasteiger partial charge in [0, 0.05) is 49.5 Å². The van der Waals surface area contributed by atoms with Gasteiger partial charge in [-0.1, -0.05) is 13.0 Å². The highest BCUT2D eigenvalue weighted by molar-refractivity contribution is 7.10. The van der Waals surface area contributed by atoms with Crippen LogP contribution in [0.25, 0.3) is 0 Å². The van der Waals surface area contributed by atoms with E-state index in [1.54, 1.807) is 35.9 Å². The van der Waals surface area contributed by atoms with Crippen molar-refractivity contribution in [2.24, 2.45) is 0 Å². The molecule has 2 atom stereocenters. The van der Waals surface area contributed by atoms with Crippen molar-refractivity contribution < 1.29 is 4.79 Å². The summed E-state index contributed by atoms with van der Waals surface area (Å²) in [5.41, 5.74) is 0.607. The van der Waals surface area contributed by atoms with Crippen molar-refractivity contribution in [3.8, 4) is 0 Å². The zero-order chi connectivity index (χ0) is 17.6. The van der Waals surface area contributed by atoms with E-state index in [1.807, 2.05) is 0 Å². The number of thiophene rings is 1. The summed E-state index contributed by atoms with van der Waals surface area (Å²) in [6.07, 6.45) is 3.30. The minimum atomic E-state index is -0.0608. The van der Waals surface area contributed by atoms with Crippen LogP contribution >= 0.6 is 11.3 Å². The predicted octanol–water partition coefficient (Wildman–Crippen LogP) is 2.64. The van der Waals surface area contributed by atoms with Gasteiger partial charge in [0.1, 0.15) is 0 Å². The van der Waals surface area contributed by atoms with E-state index in [1.165, 1.54) is 4.88 Å². The molecule has 0 unspecified atom stereocenters. The van der Waals surface area contributed by atoms with Crippen LogP contribution in [-0.4, -0.2) is 59.5 Å². The Kier molecular flexibility index (Phi) is 6.18. The first-order valence-electron chi connectivity index (χ1n) is 8.89. The number of pyridine rings is 1. The van der Waals surface area contributed by atoms with Crippen molar-refractivity contribution in [1.82, 2.24) is 20.1 Å². The van der Waals surface area contributed by atoms with Crippen LogP contribution in [0.5, 0.6) is 0 Å². The second kappa shape index (κ2) is 8.56. The van der Waals surface area contributed by atoms with Gasteiger partial charge in [-0.25, -0.2) is 0 Å². The molecule has 5 nitrogen and oxygen atoms in total. The van der Waals surface area contributed by atoms with Crippen molar-refractivity contribution in [3.63, 3.8) is 0 Å². The van der Waals surface area contributed by atoms with Crippen LogP contribution in [0, 0.1) is 0 Å². The summed E-state index contributed by atoms with van der Waals surface area (Å²) in [4.78, 5) is 22.9. The molecule has 1 N–H and O–H groups in total. The molecule has 1 saturated heterocycles. The van der Waals surface area contributed by atoms with Gasteiger partial charge in [0.05, 0.1) is 11.6 Å². The fourth-order valence-corrected chi connectivity index (χ4v) is 4.39. The zero-order valence-corrected chi connectivity index (χ0v) is 15.7. The van der Waals surface area contributed by atoms with Gasteiger partial charge in [0.2, 0.25) is 0 Å². The topological polar surface area (TPSA) is 48.5 Å². The van der Waals surface area contributed by atoms with Crippen LogP contribution in [0.2, 0.25) is 0 Å². The van der Waals surface area contributed by atoms with Crippen molar-refractivity contribution in [3.05, 3.63) is 52.5 Å². The smallest absolute Gasteiger partial charge is 0.253 e. The van der Waals surface area contributed by atoms with Gasteiger partial charge in [-0.3, -0.25) is 14.7 Å². The molecular weight excluding hydrogens is 332 g/mol. The van der Waals surface area contributed by atoms with E-state index in [4.69, 9.17) is 0 Å². The van der Waals surface area contributed by atoms with E-state index < -0.39 is 0 Å². The Labute approximate surface area is 153 Å². The highest BCUT2D eigenvalue weighted by atomic mass is 32.1. The molecule has 0 radical (unpaired) electrons. The van der Waals surface area contributed by atoms with Crippen LogP contribution < -0.4 is 5.32 Å². The summed E-state index contributed by atoms with van der Waals surface area (Å²) in [5.74, 6) is -0.0608. The third kappa shape index (κ3) is 4.45. The number of nitrogens with zero attached hydrogens (tertiary/aromatic N) is 3. The average molecular weight is 359 g/mol. The molecular formula is C19H26N4OS. The zero-order valence-electron chi connectivity index (χ0n) is 14.9. The maximum atomic E-state index is 12.5. The number of hydrogen-bond acceptors (Lipinski definition) is 5. The first-order chi connectivity index (χ1) is 12.2. The summed E-state index contributed by atoms with van der Waals surface area (Å²) in [6.45, 7) is 9.65. The maximum Gasteiger partial charge on any atom is 0.253 e. The van der Waals surface area contributed by atoms with Gasteiger partial charge in [-0.2, -0.15) is 0 Å². The van der Waals surface area contributed by atoms with Crippen LogP contribution in [0.3, 0.4) is 0 Å². The van der Waals surface area contributed by atoms with E-state index in [9.17, 15) is 4.79 Å². The van der Waals surface area contributed by atoms with Gasteiger partial charge < -0.3 is 10.2 Å². The Bertz CT molecular complexity index is 653. The molecule has 6 heteroatoms. The molecule has 1 aliphatic rings. The normalized spacial score (nSPS) is 18.6. The highest BCUT2D eigenvalue weighted by Crippen LogP contribution is 2.29. The molecule has 0 saturated carbocycles. The number of rotatable bonds is 6. The van der Waals surface area contributed by atoms with E-state index in [0.29, 0.717) is 5.56 Å². The van der Waals surface area contributed by atoms with Gasteiger partial charge in [0.15, 0.2) is 0 Å². The van der Waals surface area contributed by atoms with Gasteiger partial charge >= 0.3 is 0 Å². The summed E-state index contributed by atoms with van der Waals surface area (Å²) in [6, 6.07) is 8.09. The first-order valence-corrected chi connectivity index (χ1v) is 9.77. The van der Waals surface area contributed by atoms with Gasteiger partial charge in [-0.15, -0.1) is 11.3 Å². The number of amides is 1. The molecule has 3 heterocycles. The Morgan fingerprint density at radius 1 is 1.28 bits per heavy atom. The largest absolute Gasteiger partial charge is 0.348 e. The van der Waals surface area contributed by atoms with Crippen molar-refractivity contribution in [2.45, 2.75) is 25.9 Å². The molecule has 0 bridgehead atoms. The van der Waals surface area contributed by atoms with E-state index in [2.05, 4.69) is 51.5 Å². The molecule has 0 aliphatic carbocycles. The van der Waals surface area contributed by atoms with Crippen LogP contribution in [0.1, 0.15) is 35.1 Å². The van der Waals surface area contributed by atoms with Gasteiger partial charge in [0.25, 0.3) is 5.91 Å². The van der Waals surface area contributed by atoms with Crippen LogP contribution in [-0.2, 0) is 0 Å². The molecule has 25 heavy (non-hydrogen) atoms. The lowest BCUT2D eigenvalue weighted by molar-refractivity contribution is 0.0753. The SMILES string of the molecule is CCN1CCN([C@@H](c2cccs2)[C@H](C)NC(=O)c2cccnc2)CC1. The number of nitrogens with one attached hydrogen (secondary N) is 1. The highest BCUT2D eigenvalue weighted by Gasteiger charge is 2.30. The molecule has 3 rings (SSSR count). The Balaban J connectivity index is 1.72. The van der Waals surface area contributed by atoms with E-state index >= 15 is 0 Å². The molecule has 0 aromatic carbocycles. The number of carbonyl (C=O) groups excluding carboxylic acids is 1. The lowest BCUT2D eigenvalue weighted by Crippen LogP contribution is -2.52. The summed E-state index contributed by atoms with van der Waals surface area (Å²) in [5, 5.41) is 5.29. The molecule has 2 aromatic rings. The fraction of sp³-hybridized carbons (Fsp3) is 0.474. The molecule has 0 spiro atoms. The van der Waals surface area contributed by atoms with Crippen LogP contribution in [0.15, 0.2) is 42.0 Å². The molecule has 134 valence electrons. The Morgan fingerprint density at radius 2 is 2.08 bits per heavy atom. The summed E-state index contributed by atoms with van der Waals surface area (Å²) in [7, 11) is 0. The third-order valence-corrected chi connectivity index (χ3v) is 5.78. The minimum absolute atomic E-state index is 0.0273. The van der Waals surface area contributed by atoms with E-state index in [-0.39, 0.29) is 18.0 Å². The number of hydrogen-bond donors (Lipinski definition) is 1. The van der Waals surface area contributed by atoms with Crippen molar-refractivity contribution in [2.75, 3.05) is 32.7 Å². The quantitative estimate of drug-likeness (QED) is 0.862. The molecule has 2 aromatic heterocycles. The first kappa shape index (κ1) is 18.0.